The lowest BCUT2D eigenvalue weighted by Crippen LogP contribution is -2.31. The van der Waals surface area contributed by atoms with E-state index < -0.39 is 18.2 Å². The number of carbonyl (C=O) groups excluding carboxylic acids is 2. The van der Waals surface area contributed by atoms with Crippen LogP contribution in [0.1, 0.15) is 6.92 Å². The summed E-state index contributed by atoms with van der Waals surface area (Å²) in [5, 5.41) is 3.08. The number of hydrogen-bond donors (Lipinski definition) is 1. The molecule has 0 unspecified atom stereocenters. The molecule has 0 spiro atoms. The van der Waals surface area contributed by atoms with E-state index in [9.17, 15) is 14.0 Å². The van der Waals surface area contributed by atoms with Crippen LogP contribution in [0.4, 0.5) is 9.18 Å². The molecule has 0 radical (unpaired) electrons. The summed E-state index contributed by atoms with van der Waals surface area (Å²) in [5.74, 6) is 0.445. The summed E-state index contributed by atoms with van der Waals surface area (Å²) in [6, 6.07) is 14.3. The number of esters is 1. The van der Waals surface area contributed by atoms with Crippen LogP contribution in [0.15, 0.2) is 54.6 Å². The molecule has 1 heterocycles. The fourth-order valence-corrected chi connectivity index (χ4v) is 2.59. The third-order valence-electron chi connectivity index (χ3n) is 4.12. The molecule has 3 rings (SSSR count). The third-order valence-corrected chi connectivity index (χ3v) is 4.12. The molecule has 0 aliphatic carbocycles. The monoisotopic (exact) mass is 428 g/mol. The topological polar surface area (TPSA) is 96.0 Å². The lowest BCUT2D eigenvalue weighted by molar-refractivity contribution is -0.150. The number of aromatic nitrogens is 1. The number of halogens is 1. The van der Waals surface area contributed by atoms with Gasteiger partial charge in [0.2, 0.25) is 5.88 Å². The lowest BCUT2D eigenvalue weighted by Gasteiger charge is -2.14. The molecule has 0 aliphatic heterocycles. The van der Waals surface area contributed by atoms with E-state index in [0.717, 1.165) is 0 Å². The zero-order chi connectivity index (χ0) is 22.2. The maximum absolute atomic E-state index is 13.3. The van der Waals surface area contributed by atoms with Gasteiger partial charge in [-0.3, -0.25) is 0 Å². The first kappa shape index (κ1) is 21.8. The van der Waals surface area contributed by atoms with Gasteiger partial charge in [0.05, 0.1) is 19.2 Å². The van der Waals surface area contributed by atoms with E-state index in [2.05, 4.69) is 15.0 Å². The Kier molecular flexibility index (Phi) is 7.21. The SMILES string of the molecule is COC(=O)NCCOC(=O)[C@@H](C)Oc1ccc(Oc2ccc3cc(F)ccc3n2)cc1. The quantitative estimate of drug-likeness (QED) is 0.430. The fourth-order valence-electron chi connectivity index (χ4n) is 2.59. The molecule has 3 aromatic rings. The molecule has 9 heteroatoms. The Bertz CT molecular complexity index is 1060. The number of ether oxygens (including phenoxy) is 4. The number of alkyl carbamates (subject to hydrolysis) is 1. The zero-order valence-electron chi connectivity index (χ0n) is 17.0. The minimum atomic E-state index is -0.840. The van der Waals surface area contributed by atoms with E-state index in [1.54, 1.807) is 49.4 Å². The van der Waals surface area contributed by atoms with Gasteiger partial charge in [-0.25, -0.2) is 19.0 Å². The van der Waals surface area contributed by atoms with Crippen molar-refractivity contribution in [1.82, 2.24) is 10.3 Å². The van der Waals surface area contributed by atoms with Crippen molar-refractivity contribution in [2.24, 2.45) is 0 Å². The number of methoxy groups -OCH3 is 1. The molecule has 1 atom stereocenters. The summed E-state index contributed by atoms with van der Waals surface area (Å²) in [6.07, 6.45) is -1.44. The number of carbonyl (C=O) groups is 2. The highest BCUT2D eigenvalue weighted by Crippen LogP contribution is 2.25. The summed E-state index contributed by atoms with van der Waals surface area (Å²) in [7, 11) is 1.24. The van der Waals surface area contributed by atoms with Crippen LogP contribution in [0.5, 0.6) is 17.4 Å². The number of nitrogens with one attached hydrogen (secondary N) is 1. The standard InChI is InChI=1S/C22H21FN2O6/c1-14(21(26)29-12-11-24-22(27)28-2)30-17-5-7-18(8-6-17)31-20-10-3-15-13-16(23)4-9-19(15)25-20/h3-10,13-14H,11-12H2,1-2H3,(H,24,27)/t14-/m1/s1. The number of hydrogen-bond acceptors (Lipinski definition) is 7. The summed E-state index contributed by atoms with van der Waals surface area (Å²) in [5.41, 5.74) is 0.618. The second-order valence-corrected chi connectivity index (χ2v) is 6.41. The first-order valence-corrected chi connectivity index (χ1v) is 9.44. The Morgan fingerprint density at radius 2 is 1.81 bits per heavy atom. The van der Waals surface area contributed by atoms with Crippen molar-refractivity contribution in [1.29, 1.82) is 0 Å². The predicted molar refractivity (Wildman–Crippen MR) is 110 cm³/mol. The highest BCUT2D eigenvalue weighted by atomic mass is 19.1. The van der Waals surface area contributed by atoms with Crippen LogP contribution in [0.25, 0.3) is 10.9 Å². The summed E-state index contributed by atoms with van der Waals surface area (Å²) >= 11 is 0. The van der Waals surface area contributed by atoms with Gasteiger partial charge in [0, 0.05) is 11.5 Å². The van der Waals surface area contributed by atoms with Gasteiger partial charge in [-0.05, 0) is 55.5 Å². The maximum atomic E-state index is 13.3. The molecular weight excluding hydrogens is 407 g/mol. The first-order valence-electron chi connectivity index (χ1n) is 9.44. The number of pyridine rings is 1. The van der Waals surface area contributed by atoms with Gasteiger partial charge in [-0.2, -0.15) is 0 Å². The van der Waals surface area contributed by atoms with Crippen molar-refractivity contribution >= 4 is 23.0 Å². The Morgan fingerprint density at radius 1 is 1.06 bits per heavy atom. The van der Waals surface area contributed by atoms with Crippen molar-refractivity contribution < 1.29 is 32.9 Å². The van der Waals surface area contributed by atoms with E-state index in [1.807, 2.05) is 0 Å². The normalized spacial score (nSPS) is 11.5. The van der Waals surface area contributed by atoms with Gasteiger partial charge in [-0.15, -0.1) is 0 Å². The molecule has 8 nitrogen and oxygen atoms in total. The number of rotatable bonds is 8. The molecule has 1 N–H and O–H groups in total. The molecule has 162 valence electrons. The van der Waals surface area contributed by atoms with Crippen molar-refractivity contribution in [2.75, 3.05) is 20.3 Å². The highest BCUT2D eigenvalue weighted by Gasteiger charge is 2.16. The number of benzene rings is 2. The fraction of sp³-hybridized carbons (Fsp3) is 0.227. The first-order chi connectivity index (χ1) is 14.9. The second kappa shape index (κ2) is 10.2. The smallest absolute Gasteiger partial charge is 0.406 e. The molecule has 31 heavy (non-hydrogen) atoms. The average Bonchev–Trinajstić information content (AvgIpc) is 2.77. The molecule has 0 saturated heterocycles. The largest absolute Gasteiger partial charge is 0.479 e. The number of nitrogens with zero attached hydrogens (tertiary/aromatic N) is 1. The summed E-state index contributed by atoms with van der Waals surface area (Å²) < 4.78 is 34.0. The van der Waals surface area contributed by atoms with Crippen molar-refractivity contribution in [2.45, 2.75) is 13.0 Å². The van der Waals surface area contributed by atoms with E-state index in [1.165, 1.54) is 19.2 Å². The average molecular weight is 428 g/mol. The van der Waals surface area contributed by atoms with E-state index in [-0.39, 0.29) is 19.0 Å². The third kappa shape index (κ3) is 6.30. The molecule has 0 bridgehead atoms. The van der Waals surface area contributed by atoms with Crippen molar-refractivity contribution in [3.8, 4) is 17.4 Å². The minimum absolute atomic E-state index is 0.000188. The van der Waals surface area contributed by atoms with E-state index in [0.29, 0.717) is 28.3 Å². The van der Waals surface area contributed by atoms with Gasteiger partial charge in [-0.1, -0.05) is 0 Å². The van der Waals surface area contributed by atoms with Crippen LogP contribution in [0.3, 0.4) is 0 Å². The Labute approximate surface area is 177 Å². The maximum Gasteiger partial charge on any atom is 0.406 e. The van der Waals surface area contributed by atoms with E-state index >= 15 is 0 Å². The number of amides is 1. The second-order valence-electron chi connectivity index (χ2n) is 6.41. The van der Waals surface area contributed by atoms with Crippen molar-refractivity contribution in [3.63, 3.8) is 0 Å². The summed E-state index contributed by atoms with van der Waals surface area (Å²) in [6.45, 7) is 1.69. The molecule has 2 aromatic carbocycles. The number of fused-ring (bicyclic) bond motifs is 1. The molecule has 0 fully saturated rings. The minimum Gasteiger partial charge on any atom is -0.479 e. The van der Waals surface area contributed by atoms with Gasteiger partial charge >= 0.3 is 12.1 Å². The molecule has 0 aliphatic rings. The van der Waals surface area contributed by atoms with Gasteiger partial charge in [0.25, 0.3) is 0 Å². The van der Waals surface area contributed by atoms with Crippen LogP contribution in [0.2, 0.25) is 0 Å². The zero-order valence-corrected chi connectivity index (χ0v) is 17.0. The molecule has 0 saturated carbocycles. The molecule has 1 amide bonds. The van der Waals surface area contributed by atoms with Crippen LogP contribution >= 0.6 is 0 Å². The van der Waals surface area contributed by atoms with Crippen molar-refractivity contribution in [3.05, 3.63) is 60.4 Å². The molecular formula is C22H21FN2O6. The Hall–Kier alpha value is -3.88. The van der Waals surface area contributed by atoms with Gasteiger partial charge in [0.1, 0.15) is 23.9 Å². The predicted octanol–water partition coefficient (Wildman–Crippen LogP) is 3.83. The summed E-state index contributed by atoms with van der Waals surface area (Å²) in [4.78, 5) is 27.2. The van der Waals surface area contributed by atoms with Gasteiger partial charge < -0.3 is 24.3 Å². The van der Waals surface area contributed by atoms with Crippen LogP contribution < -0.4 is 14.8 Å². The molecule has 1 aromatic heterocycles. The lowest BCUT2D eigenvalue weighted by atomic mass is 10.2. The van der Waals surface area contributed by atoms with Crippen LogP contribution in [-0.4, -0.2) is 43.4 Å². The Morgan fingerprint density at radius 3 is 2.55 bits per heavy atom. The van der Waals surface area contributed by atoms with Crippen LogP contribution in [-0.2, 0) is 14.3 Å². The Balaban J connectivity index is 1.51. The van der Waals surface area contributed by atoms with Crippen LogP contribution in [0, 0.1) is 5.82 Å². The highest BCUT2D eigenvalue weighted by molar-refractivity contribution is 5.79. The van der Waals surface area contributed by atoms with Gasteiger partial charge in [0.15, 0.2) is 6.10 Å². The van der Waals surface area contributed by atoms with E-state index in [4.69, 9.17) is 14.2 Å².